The maximum Gasteiger partial charge on any atom is 0.416 e. The van der Waals surface area contributed by atoms with Crippen LogP contribution in [-0.4, -0.2) is 206 Å². The molecule has 0 heterocycles. The molecule has 0 aliphatic carbocycles. The van der Waals surface area contributed by atoms with E-state index in [2.05, 4.69) is 37.2 Å². The molecule has 7 unspecified atom stereocenters. The number of ketones is 7. The Morgan fingerprint density at radius 2 is 0.452 bits per heavy atom. The molecule has 32 heteroatoms. The van der Waals surface area contributed by atoms with Crippen LogP contribution in [0.1, 0.15) is 156 Å². The van der Waals surface area contributed by atoms with Gasteiger partial charge in [-0.25, -0.2) is 4.39 Å². The summed E-state index contributed by atoms with van der Waals surface area (Å²) < 4.78 is 49.5. The third-order valence-corrected chi connectivity index (χ3v) is 16.0. The number of carbonyl (C=O) groups is 14. The Labute approximate surface area is 662 Å². The van der Waals surface area contributed by atoms with E-state index in [1.807, 2.05) is 76.2 Å². The molecule has 0 aromatic heterocycles. The van der Waals surface area contributed by atoms with Crippen LogP contribution in [0.3, 0.4) is 0 Å². The molecule has 7 aromatic rings. The van der Waals surface area contributed by atoms with Crippen LogP contribution < -0.4 is 37.2 Å². The van der Waals surface area contributed by atoms with Crippen LogP contribution >= 0.6 is 0 Å². The van der Waals surface area contributed by atoms with Crippen LogP contribution in [0.4, 0.5) is 17.6 Å². The summed E-state index contributed by atoms with van der Waals surface area (Å²) >= 11 is 0. The standard InChI is InChI=1S/C13H17NO3.C12H12F3NO3.3C12H15NO3.C11H12FNO3.C11H13NO3/c1-3-10-4-6-11(7-5-10)13(17)14-12(8-15)9(2)16;1-7(18)10(6-17)16-11(19)8-2-4-9(5-3-8)12(13,14)15;3*1-8-3-5-10(6-4-8)12(16)13-11(7-14)9(2)15;1-7(15)10(6-14)13-11(16)8-2-4-9(12)5-3-8;1-8(14)10(7-13)12-11(15)9-5-3-2-4-6-9/h4-7,12,15H,3,8H2,1-2H3,(H,14,17);2-5,10,17H,6H2,1H3,(H,16,19);3*3-6,11,14H,7H2,1-2H3,(H,13,16);2-5,10,14H,6H2,1H3,(H,13,16);2-6,10,13H,7H2,1H3,(H,12,15). The number of aliphatic hydroxyl groups excluding tert-OH is 7. The van der Waals surface area contributed by atoms with Crippen LogP contribution in [-0.2, 0) is 46.2 Å². The molecule has 7 atom stereocenters. The summed E-state index contributed by atoms with van der Waals surface area (Å²) in [7, 11) is 0. The van der Waals surface area contributed by atoms with E-state index < -0.39 is 90.7 Å². The van der Waals surface area contributed by atoms with Crippen molar-refractivity contribution in [1.29, 1.82) is 0 Å². The van der Waals surface area contributed by atoms with Gasteiger partial charge in [0.25, 0.3) is 41.4 Å². The van der Waals surface area contributed by atoms with E-state index in [4.69, 9.17) is 35.7 Å². The summed E-state index contributed by atoms with van der Waals surface area (Å²) in [5, 5.41) is 79.1. The summed E-state index contributed by atoms with van der Waals surface area (Å²) in [6, 6.07) is 39.1. The molecule has 0 aliphatic heterocycles. The predicted octanol–water partition coefficient (Wildman–Crippen LogP) is 5.21. The fourth-order valence-electron chi connectivity index (χ4n) is 8.63. The third kappa shape index (κ3) is 38.8. The Hall–Kier alpha value is -12.0. The summed E-state index contributed by atoms with van der Waals surface area (Å²) in [5.41, 5.74) is 6.06. The molecule has 0 radical (unpaired) electrons. The van der Waals surface area contributed by atoms with Crippen molar-refractivity contribution in [2.45, 2.75) is 131 Å². The Balaban J connectivity index is 0.000000672. The monoisotopic (exact) mass is 1610 g/mol. The van der Waals surface area contributed by atoms with Crippen molar-refractivity contribution in [3.8, 4) is 0 Å². The van der Waals surface area contributed by atoms with Gasteiger partial charge in [-0.15, -0.1) is 0 Å². The number of Topliss-reactive ketones (excluding diaryl/α,β-unsaturated/α-hetero) is 7. The van der Waals surface area contributed by atoms with Gasteiger partial charge >= 0.3 is 6.18 Å². The number of rotatable bonds is 29. The first-order valence-corrected chi connectivity index (χ1v) is 35.4. The molecule has 0 saturated carbocycles. The van der Waals surface area contributed by atoms with Gasteiger partial charge in [0.05, 0.1) is 51.8 Å². The Bertz CT molecular complexity index is 4000. The quantitative estimate of drug-likeness (QED) is 0.0268. The molecule has 115 heavy (non-hydrogen) atoms. The van der Waals surface area contributed by atoms with Crippen molar-refractivity contribution in [1.82, 2.24) is 37.2 Å². The molecule has 620 valence electrons. The highest BCUT2D eigenvalue weighted by molar-refractivity contribution is 6.02. The van der Waals surface area contributed by atoms with Crippen LogP contribution in [0.15, 0.2) is 176 Å². The lowest BCUT2D eigenvalue weighted by atomic mass is 10.1. The molecule has 7 aromatic carbocycles. The summed E-state index contributed by atoms with van der Waals surface area (Å²) in [6.07, 6.45) is -3.56. The smallest absolute Gasteiger partial charge is 0.394 e. The van der Waals surface area contributed by atoms with Gasteiger partial charge in [0.15, 0.2) is 40.5 Å². The lowest BCUT2D eigenvalue weighted by Gasteiger charge is -2.13. The molecular formula is C83H99F4N7O21. The lowest BCUT2D eigenvalue weighted by Crippen LogP contribution is -2.42. The van der Waals surface area contributed by atoms with E-state index in [1.165, 1.54) is 60.6 Å². The highest BCUT2D eigenvalue weighted by Crippen LogP contribution is 2.29. The van der Waals surface area contributed by atoms with Crippen LogP contribution in [0.25, 0.3) is 0 Å². The number of nitrogens with one attached hydrogen (secondary N) is 7. The SMILES string of the molecule is CC(=O)C(CO)NC(=O)c1ccc(C(F)(F)F)cc1.CC(=O)C(CO)NC(=O)c1ccc(C)cc1.CC(=O)C(CO)NC(=O)c1ccc(C)cc1.CC(=O)C(CO)NC(=O)c1ccc(C)cc1.CC(=O)C(CO)NC(=O)c1ccc(F)cc1.CC(=O)C(CO)NC(=O)c1ccccc1.CCc1ccc(C(=O)NC(CO)C(C)=O)cc1. The largest absolute Gasteiger partial charge is 0.416 e. The van der Waals surface area contributed by atoms with E-state index in [1.54, 1.807) is 78.9 Å². The van der Waals surface area contributed by atoms with Crippen molar-refractivity contribution < 1.29 is 120 Å². The fourth-order valence-corrected chi connectivity index (χ4v) is 8.63. The zero-order valence-corrected chi connectivity index (χ0v) is 65.3. The normalized spacial score (nSPS) is 12.1. The molecule has 0 fully saturated rings. The highest BCUT2D eigenvalue weighted by atomic mass is 19.4. The average Bonchev–Trinajstić information content (AvgIpc) is 0.815. The van der Waals surface area contributed by atoms with Crippen molar-refractivity contribution in [3.63, 3.8) is 0 Å². The van der Waals surface area contributed by atoms with Crippen LogP contribution in [0.5, 0.6) is 0 Å². The topological polar surface area (TPSA) is 465 Å². The van der Waals surface area contributed by atoms with E-state index in [-0.39, 0.29) is 108 Å². The number of benzene rings is 7. The Kier molecular flexibility index (Phi) is 46.6. The number of aliphatic hydroxyl groups is 7. The Morgan fingerprint density at radius 3 is 0.626 bits per heavy atom. The van der Waals surface area contributed by atoms with Gasteiger partial charge in [-0.05, 0) is 190 Å². The van der Waals surface area contributed by atoms with E-state index in [9.17, 15) is 84.7 Å². The highest BCUT2D eigenvalue weighted by Gasteiger charge is 2.31. The van der Waals surface area contributed by atoms with Crippen molar-refractivity contribution in [2.75, 3.05) is 46.2 Å². The van der Waals surface area contributed by atoms with Crippen LogP contribution in [0, 0.1) is 26.6 Å². The number of aryl methyl sites for hydroxylation is 4. The molecule has 7 rings (SSSR count). The zero-order valence-electron chi connectivity index (χ0n) is 65.3. The number of alkyl halides is 3. The Morgan fingerprint density at radius 1 is 0.278 bits per heavy atom. The number of carbonyl (C=O) groups excluding carboxylic acids is 14. The number of hydrogen-bond donors (Lipinski definition) is 14. The van der Waals surface area contributed by atoms with Gasteiger partial charge in [-0.2, -0.15) is 13.2 Å². The number of hydrogen-bond acceptors (Lipinski definition) is 21. The molecule has 0 saturated heterocycles. The molecule has 28 nitrogen and oxygen atoms in total. The molecule has 0 spiro atoms. The fraction of sp³-hybridized carbons (Fsp3) is 0.325. The molecule has 0 aliphatic rings. The average molecular weight is 1610 g/mol. The van der Waals surface area contributed by atoms with Gasteiger partial charge in [-0.3, -0.25) is 67.1 Å². The van der Waals surface area contributed by atoms with E-state index in [0.29, 0.717) is 27.8 Å². The van der Waals surface area contributed by atoms with Crippen molar-refractivity contribution in [3.05, 3.63) is 249 Å². The minimum Gasteiger partial charge on any atom is -0.394 e. The molecular weight excluding hydrogens is 1510 g/mol. The van der Waals surface area contributed by atoms with Crippen molar-refractivity contribution in [2.24, 2.45) is 0 Å². The maximum atomic E-state index is 12.6. The second-order valence-electron chi connectivity index (χ2n) is 25.3. The minimum atomic E-state index is -4.47. The van der Waals surface area contributed by atoms with Gasteiger partial charge < -0.3 is 73.0 Å². The van der Waals surface area contributed by atoms with Crippen molar-refractivity contribution >= 4 is 81.8 Å². The molecule has 7 amide bonds. The van der Waals surface area contributed by atoms with Gasteiger partial charge in [0, 0.05) is 38.9 Å². The zero-order chi connectivity index (χ0) is 87.2. The second-order valence-corrected chi connectivity index (χ2v) is 25.3. The predicted molar refractivity (Wildman–Crippen MR) is 417 cm³/mol. The number of amides is 7. The molecule has 0 bridgehead atoms. The molecule has 14 N–H and O–H groups in total. The first-order chi connectivity index (χ1) is 54.1. The van der Waals surface area contributed by atoms with E-state index in [0.717, 1.165) is 65.1 Å². The van der Waals surface area contributed by atoms with Gasteiger partial charge in [0.2, 0.25) is 0 Å². The first kappa shape index (κ1) is 101. The lowest BCUT2D eigenvalue weighted by molar-refractivity contribution is -0.137. The summed E-state index contributed by atoms with van der Waals surface area (Å²) in [4.78, 5) is 158. The first-order valence-electron chi connectivity index (χ1n) is 35.4. The second kappa shape index (κ2) is 53.1. The number of halogens is 4. The van der Waals surface area contributed by atoms with Gasteiger partial charge in [-0.1, -0.05) is 90.3 Å². The van der Waals surface area contributed by atoms with Crippen LogP contribution in [0.2, 0.25) is 0 Å². The summed E-state index contributed by atoms with van der Waals surface area (Å²) in [5.74, 6) is -5.52. The van der Waals surface area contributed by atoms with E-state index >= 15 is 0 Å². The third-order valence-electron chi connectivity index (χ3n) is 16.0. The van der Waals surface area contributed by atoms with Gasteiger partial charge in [0.1, 0.15) is 48.1 Å². The summed E-state index contributed by atoms with van der Waals surface area (Å²) in [6.45, 7) is 14.0. The minimum absolute atomic E-state index is 0.0206. The maximum absolute atomic E-state index is 12.6.